The predicted octanol–water partition coefficient (Wildman–Crippen LogP) is 1.84. The summed E-state index contributed by atoms with van der Waals surface area (Å²) < 4.78 is 19.6. The molecule has 3 aliphatic rings. The lowest BCUT2D eigenvalue weighted by Crippen LogP contribution is -2.54. The Kier molecular flexibility index (Phi) is 5.10. The van der Waals surface area contributed by atoms with Crippen LogP contribution < -0.4 is 0 Å². The van der Waals surface area contributed by atoms with Gasteiger partial charge in [0.1, 0.15) is 11.8 Å². The molecule has 138 valence electrons. The summed E-state index contributed by atoms with van der Waals surface area (Å²) in [6.45, 7) is 3.74. The van der Waals surface area contributed by atoms with Crippen molar-refractivity contribution in [3.63, 3.8) is 0 Å². The standard InChI is InChI=1S/C19H28N2O4/c1-20-8-2-3-16(20)19(22)21-9-12-24-18-15(21)4-5-17(18)25-13-14-6-10-23-11-7-14/h2-3,8,14-15,17-18H,4-7,9-13H2,1H3/t15-,17+,18+/m0/s1. The van der Waals surface area contributed by atoms with Crippen LogP contribution in [0.1, 0.15) is 36.2 Å². The van der Waals surface area contributed by atoms with Crippen LogP contribution >= 0.6 is 0 Å². The van der Waals surface area contributed by atoms with Crippen molar-refractivity contribution in [1.29, 1.82) is 0 Å². The van der Waals surface area contributed by atoms with Crippen LogP contribution in [-0.4, -0.2) is 66.6 Å². The Morgan fingerprint density at radius 2 is 2.08 bits per heavy atom. The third-order valence-corrected chi connectivity index (χ3v) is 5.85. The van der Waals surface area contributed by atoms with Gasteiger partial charge in [-0.1, -0.05) is 0 Å². The van der Waals surface area contributed by atoms with Crippen LogP contribution in [0.2, 0.25) is 0 Å². The van der Waals surface area contributed by atoms with Crippen molar-refractivity contribution >= 4 is 5.91 Å². The zero-order chi connectivity index (χ0) is 17.2. The second kappa shape index (κ2) is 7.48. The fourth-order valence-electron chi connectivity index (χ4n) is 4.35. The minimum absolute atomic E-state index is 0.0119. The molecule has 2 saturated heterocycles. The Morgan fingerprint density at radius 1 is 1.24 bits per heavy atom. The molecule has 0 radical (unpaired) electrons. The molecule has 1 aromatic rings. The summed E-state index contributed by atoms with van der Waals surface area (Å²) in [6, 6.07) is 3.94. The molecule has 3 heterocycles. The van der Waals surface area contributed by atoms with E-state index in [1.165, 1.54) is 0 Å². The van der Waals surface area contributed by atoms with Crippen molar-refractivity contribution in [2.45, 2.75) is 43.9 Å². The number of aryl methyl sites for hydroxylation is 1. The molecule has 0 bridgehead atoms. The number of hydrogen-bond donors (Lipinski definition) is 0. The first-order chi connectivity index (χ1) is 12.2. The normalized spacial score (nSPS) is 30.4. The van der Waals surface area contributed by atoms with Crippen LogP contribution in [0.3, 0.4) is 0 Å². The summed E-state index contributed by atoms with van der Waals surface area (Å²) in [5.74, 6) is 0.702. The lowest BCUT2D eigenvalue weighted by Gasteiger charge is -2.39. The molecule has 0 unspecified atom stereocenters. The van der Waals surface area contributed by atoms with E-state index in [0.717, 1.165) is 51.2 Å². The Labute approximate surface area is 149 Å². The van der Waals surface area contributed by atoms with Crippen molar-refractivity contribution in [2.24, 2.45) is 13.0 Å². The Balaban J connectivity index is 1.38. The van der Waals surface area contributed by atoms with Crippen molar-refractivity contribution in [3.8, 4) is 0 Å². The minimum atomic E-state index is 0.0119. The maximum atomic E-state index is 12.9. The van der Waals surface area contributed by atoms with E-state index in [9.17, 15) is 4.79 Å². The highest BCUT2D eigenvalue weighted by Crippen LogP contribution is 2.33. The van der Waals surface area contributed by atoms with Crippen LogP contribution in [0.25, 0.3) is 0 Å². The van der Waals surface area contributed by atoms with E-state index in [2.05, 4.69) is 0 Å². The lowest BCUT2D eigenvalue weighted by atomic mass is 10.0. The number of carbonyl (C=O) groups is 1. The highest BCUT2D eigenvalue weighted by molar-refractivity contribution is 5.93. The average Bonchev–Trinajstić information content (AvgIpc) is 3.26. The van der Waals surface area contributed by atoms with Crippen molar-refractivity contribution < 1.29 is 19.0 Å². The molecule has 6 heteroatoms. The maximum absolute atomic E-state index is 12.9. The van der Waals surface area contributed by atoms with Crippen LogP contribution in [0.5, 0.6) is 0 Å². The quantitative estimate of drug-likeness (QED) is 0.833. The number of fused-ring (bicyclic) bond motifs is 1. The van der Waals surface area contributed by atoms with Gasteiger partial charge in [0, 0.05) is 33.0 Å². The predicted molar refractivity (Wildman–Crippen MR) is 92.5 cm³/mol. The van der Waals surface area contributed by atoms with Gasteiger partial charge in [0.2, 0.25) is 0 Å². The number of morpholine rings is 1. The molecule has 3 fully saturated rings. The molecule has 0 N–H and O–H groups in total. The smallest absolute Gasteiger partial charge is 0.270 e. The molecule has 0 aromatic carbocycles. The van der Waals surface area contributed by atoms with Gasteiger partial charge < -0.3 is 23.7 Å². The summed E-state index contributed by atoms with van der Waals surface area (Å²) >= 11 is 0. The molecule has 2 aliphatic heterocycles. The zero-order valence-electron chi connectivity index (χ0n) is 14.9. The molecular weight excluding hydrogens is 320 g/mol. The molecule has 6 nitrogen and oxygen atoms in total. The van der Waals surface area contributed by atoms with E-state index in [1.54, 1.807) is 0 Å². The molecule has 3 atom stereocenters. The topological polar surface area (TPSA) is 52.9 Å². The summed E-state index contributed by atoms with van der Waals surface area (Å²) in [7, 11) is 1.92. The van der Waals surface area contributed by atoms with Gasteiger partial charge in [-0.2, -0.15) is 0 Å². The summed E-state index contributed by atoms with van der Waals surface area (Å²) in [5, 5.41) is 0. The average molecular weight is 348 g/mol. The van der Waals surface area contributed by atoms with Crippen LogP contribution in [0.15, 0.2) is 18.3 Å². The highest BCUT2D eigenvalue weighted by Gasteiger charge is 2.45. The first-order valence-electron chi connectivity index (χ1n) is 9.47. The van der Waals surface area contributed by atoms with Crippen molar-refractivity contribution in [3.05, 3.63) is 24.0 Å². The van der Waals surface area contributed by atoms with E-state index < -0.39 is 0 Å². The number of rotatable bonds is 4. The Hall–Kier alpha value is -1.37. The van der Waals surface area contributed by atoms with E-state index in [1.807, 2.05) is 34.8 Å². The van der Waals surface area contributed by atoms with Crippen LogP contribution in [-0.2, 0) is 21.3 Å². The first kappa shape index (κ1) is 17.1. The SMILES string of the molecule is Cn1cccc1C(=O)N1CCO[C@H]2[C@H](OCC3CCOCC3)CC[C@@H]21. The Morgan fingerprint density at radius 3 is 2.84 bits per heavy atom. The fraction of sp³-hybridized carbons (Fsp3) is 0.737. The van der Waals surface area contributed by atoms with Gasteiger partial charge in [-0.25, -0.2) is 0 Å². The van der Waals surface area contributed by atoms with Crippen LogP contribution in [0.4, 0.5) is 0 Å². The second-order valence-electron chi connectivity index (χ2n) is 7.41. The Bertz CT molecular complexity index is 596. The van der Waals surface area contributed by atoms with E-state index in [4.69, 9.17) is 14.2 Å². The molecule has 1 aromatic heterocycles. The molecule has 1 saturated carbocycles. The molecule has 25 heavy (non-hydrogen) atoms. The summed E-state index contributed by atoms with van der Waals surface area (Å²) in [5.41, 5.74) is 0.743. The monoisotopic (exact) mass is 348 g/mol. The molecular formula is C19H28N2O4. The van der Waals surface area contributed by atoms with Crippen LogP contribution in [0, 0.1) is 5.92 Å². The van der Waals surface area contributed by atoms with Gasteiger partial charge in [0.25, 0.3) is 5.91 Å². The summed E-state index contributed by atoms with van der Waals surface area (Å²) in [6.07, 6.45) is 6.13. The number of hydrogen-bond acceptors (Lipinski definition) is 4. The molecule has 4 rings (SSSR count). The number of ether oxygens (including phenoxy) is 3. The third-order valence-electron chi connectivity index (χ3n) is 5.85. The van der Waals surface area contributed by atoms with Crippen molar-refractivity contribution in [2.75, 3.05) is 33.0 Å². The third kappa shape index (κ3) is 3.48. The van der Waals surface area contributed by atoms with Gasteiger partial charge in [-0.3, -0.25) is 4.79 Å². The highest BCUT2D eigenvalue weighted by atomic mass is 16.5. The summed E-state index contributed by atoms with van der Waals surface area (Å²) in [4.78, 5) is 14.9. The number of aromatic nitrogens is 1. The largest absolute Gasteiger partial charge is 0.381 e. The zero-order valence-corrected chi connectivity index (χ0v) is 14.9. The van der Waals surface area contributed by atoms with Gasteiger partial charge in [-0.05, 0) is 43.7 Å². The van der Waals surface area contributed by atoms with E-state index >= 15 is 0 Å². The number of amides is 1. The van der Waals surface area contributed by atoms with Gasteiger partial charge in [0.05, 0.1) is 25.4 Å². The molecule has 0 spiro atoms. The minimum Gasteiger partial charge on any atom is -0.381 e. The maximum Gasteiger partial charge on any atom is 0.270 e. The van der Waals surface area contributed by atoms with Gasteiger partial charge >= 0.3 is 0 Å². The van der Waals surface area contributed by atoms with E-state index in [0.29, 0.717) is 19.1 Å². The van der Waals surface area contributed by atoms with E-state index in [-0.39, 0.29) is 24.2 Å². The van der Waals surface area contributed by atoms with Gasteiger partial charge in [-0.15, -0.1) is 0 Å². The van der Waals surface area contributed by atoms with Gasteiger partial charge in [0.15, 0.2) is 0 Å². The first-order valence-corrected chi connectivity index (χ1v) is 9.47. The fourth-order valence-corrected chi connectivity index (χ4v) is 4.35. The lowest BCUT2D eigenvalue weighted by molar-refractivity contribution is -0.113. The van der Waals surface area contributed by atoms with Crippen molar-refractivity contribution in [1.82, 2.24) is 9.47 Å². The number of carbonyl (C=O) groups excluding carboxylic acids is 1. The molecule has 1 aliphatic carbocycles. The second-order valence-corrected chi connectivity index (χ2v) is 7.41. The molecule has 1 amide bonds. The number of nitrogens with zero attached hydrogens (tertiary/aromatic N) is 2.